The summed E-state index contributed by atoms with van der Waals surface area (Å²) in [5.41, 5.74) is 0. The molecule has 0 aromatic carbocycles. The monoisotopic (exact) mass is 183 g/mol. The number of aromatic amines is 1. The lowest BCUT2D eigenvalue weighted by atomic mass is 10.4. The van der Waals surface area contributed by atoms with Crippen LogP contribution < -0.4 is 0 Å². The number of rotatable bonds is 2. The topological polar surface area (TPSA) is 31.9 Å². The Hall–Kier alpha value is -0.480. The fraction of sp³-hybridized carbons (Fsp3) is 0.625. The molecule has 4 heteroatoms. The molecule has 2 rings (SSSR count). The molecule has 1 aromatic rings. The molecule has 0 radical (unpaired) electrons. The number of nitrogens with one attached hydrogen (secondary N) is 1. The van der Waals surface area contributed by atoms with Gasteiger partial charge in [0.2, 0.25) is 0 Å². The molecule has 1 atom stereocenters. The lowest BCUT2D eigenvalue weighted by Gasteiger charge is -2.07. The number of hydrogen-bond donors (Lipinski definition) is 1. The van der Waals surface area contributed by atoms with Gasteiger partial charge in [-0.2, -0.15) is 0 Å². The third kappa shape index (κ3) is 1.81. The predicted molar refractivity (Wildman–Crippen MR) is 50.3 cm³/mol. The molecule has 1 fully saturated rings. The van der Waals surface area contributed by atoms with Gasteiger partial charge >= 0.3 is 0 Å². The highest BCUT2D eigenvalue weighted by molar-refractivity contribution is 7.99. The summed E-state index contributed by atoms with van der Waals surface area (Å²) in [5, 5.41) is 1.77. The van der Waals surface area contributed by atoms with E-state index in [1.54, 1.807) is 6.20 Å². The van der Waals surface area contributed by atoms with E-state index < -0.39 is 0 Å². The van der Waals surface area contributed by atoms with Crippen LogP contribution in [0.4, 0.5) is 0 Å². The summed E-state index contributed by atoms with van der Waals surface area (Å²) >= 11 is 1.85. The number of thioether (sulfide) groups is 1. The van der Waals surface area contributed by atoms with Gasteiger partial charge in [0.05, 0.1) is 0 Å². The molecule has 0 spiro atoms. The highest BCUT2D eigenvalue weighted by Gasteiger charge is 2.20. The van der Waals surface area contributed by atoms with Crippen LogP contribution in [0.3, 0.4) is 0 Å². The molecule has 1 aliphatic rings. The zero-order valence-corrected chi connectivity index (χ0v) is 7.97. The largest absolute Gasteiger partial charge is 0.340 e. The molecular weight excluding hydrogens is 170 g/mol. The third-order valence-corrected chi connectivity index (χ3v) is 3.26. The van der Waals surface area contributed by atoms with Gasteiger partial charge in [-0.15, -0.1) is 0 Å². The Morgan fingerprint density at radius 3 is 3.25 bits per heavy atom. The van der Waals surface area contributed by atoms with Gasteiger partial charge in [0, 0.05) is 24.2 Å². The van der Waals surface area contributed by atoms with Crippen molar-refractivity contribution < 1.29 is 0 Å². The molecule has 0 saturated carbocycles. The smallest absolute Gasteiger partial charge is 0.165 e. The van der Waals surface area contributed by atoms with Crippen molar-refractivity contribution in [1.29, 1.82) is 0 Å². The Bertz CT molecular complexity index is 234. The van der Waals surface area contributed by atoms with Crippen LogP contribution >= 0.6 is 11.8 Å². The van der Waals surface area contributed by atoms with Gasteiger partial charge in [-0.3, -0.25) is 0 Å². The summed E-state index contributed by atoms with van der Waals surface area (Å²) in [5.74, 6) is 0. The molecule has 1 saturated heterocycles. The van der Waals surface area contributed by atoms with Crippen LogP contribution in [0.15, 0.2) is 17.6 Å². The zero-order chi connectivity index (χ0) is 8.39. The van der Waals surface area contributed by atoms with E-state index in [1.165, 1.54) is 19.5 Å². The highest BCUT2D eigenvalue weighted by atomic mass is 32.2. The maximum atomic E-state index is 4.19. The summed E-state index contributed by atoms with van der Waals surface area (Å²) in [6.07, 6.45) is 4.96. The highest BCUT2D eigenvalue weighted by Crippen LogP contribution is 2.26. The Morgan fingerprint density at radius 1 is 1.75 bits per heavy atom. The molecule has 0 amide bonds. The van der Waals surface area contributed by atoms with E-state index in [2.05, 4.69) is 21.9 Å². The van der Waals surface area contributed by atoms with Gasteiger partial charge in [0.1, 0.15) is 0 Å². The first kappa shape index (κ1) is 8.13. The predicted octanol–water partition coefficient (Wildman–Crippen LogP) is 1.21. The van der Waals surface area contributed by atoms with Gasteiger partial charge in [-0.25, -0.2) is 4.98 Å². The van der Waals surface area contributed by atoms with E-state index in [0.29, 0.717) is 0 Å². The van der Waals surface area contributed by atoms with E-state index in [1.807, 2.05) is 18.0 Å². The molecule has 1 aromatic heterocycles. The molecule has 66 valence electrons. The first-order valence-electron chi connectivity index (χ1n) is 4.19. The summed E-state index contributed by atoms with van der Waals surface area (Å²) in [6.45, 7) is 2.41. The lowest BCUT2D eigenvalue weighted by Crippen LogP contribution is -2.14. The Morgan fingerprint density at radius 2 is 2.67 bits per heavy atom. The first-order valence-corrected chi connectivity index (χ1v) is 5.07. The third-order valence-electron chi connectivity index (χ3n) is 2.10. The second-order valence-corrected chi connectivity index (χ2v) is 4.47. The molecule has 0 bridgehead atoms. The van der Waals surface area contributed by atoms with Crippen molar-refractivity contribution in [2.45, 2.75) is 16.8 Å². The first-order chi connectivity index (χ1) is 5.84. The number of aromatic nitrogens is 2. The second kappa shape index (κ2) is 3.49. The fourth-order valence-electron chi connectivity index (χ4n) is 1.46. The average molecular weight is 183 g/mol. The van der Waals surface area contributed by atoms with E-state index in [9.17, 15) is 0 Å². The number of nitrogens with zero attached hydrogens (tertiary/aromatic N) is 2. The van der Waals surface area contributed by atoms with Crippen LogP contribution in [-0.4, -0.2) is 40.3 Å². The van der Waals surface area contributed by atoms with Gasteiger partial charge < -0.3 is 9.88 Å². The maximum absolute atomic E-state index is 4.19. The van der Waals surface area contributed by atoms with Crippen LogP contribution in [-0.2, 0) is 0 Å². The summed E-state index contributed by atoms with van der Waals surface area (Å²) in [7, 11) is 2.17. The van der Waals surface area contributed by atoms with Crippen molar-refractivity contribution in [3.05, 3.63) is 12.4 Å². The lowest BCUT2D eigenvalue weighted by molar-refractivity contribution is 0.419. The number of imidazole rings is 1. The number of H-pyrrole nitrogens is 1. The van der Waals surface area contributed by atoms with Crippen LogP contribution in [0.5, 0.6) is 0 Å². The van der Waals surface area contributed by atoms with E-state index in [-0.39, 0.29) is 0 Å². The Kier molecular flexibility index (Phi) is 2.37. The van der Waals surface area contributed by atoms with Crippen LogP contribution in [0.2, 0.25) is 0 Å². The molecule has 0 aliphatic carbocycles. The molecule has 12 heavy (non-hydrogen) atoms. The molecular formula is C8H13N3S. The minimum absolute atomic E-state index is 0.723. The second-order valence-electron chi connectivity index (χ2n) is 3.19. The minimum Gasteiger partial charge on any atom is -0.340 e. The van der Waals surface area contributed by atoms with Gasteiger partial charge in [-0.1, -0.05) is 11.8 Å². The number of hydrogen-bond acceptors (Lipinski definition) is 3. The summed E-state index contributed by atoms with van der Waals surface area (Å²) in [6, 6.07) is 0. The molecule has 1 aliphatic heterocycles. The van der Waals surface area contributed by atoms with Crippen molar-refractivity contribution in [2.24, 2.45) is 0 Å². The Labute approximate surface area is 76.6 Å². The normalized spacial score (nSPS) is 24.9. The summed E-state index contributed by atoms with van der Waals surface area (Å²) < 4.78 is 0. The van der Waals surface area contributed by atoms with Crippen LogP contribution in [0, 0.1) is 0 Å². The van der Waals surface area contributed by atoms with Crippen LogP contribution in [0.1, 0.15) is 6.42 Å². The van der Waals surface area contributed by atoms with E-state index >= 15 is 0 Å². The standard InChI is InChI=1S/C8H13N3S/c1-11-5-2-7(6-11)12-8-9-3-4-10-8/h3-4,7H,2,5-6H2,1H3,(H,9,10). The number of likely N-dealkylation sites (tertiary alicyclic amines) is 1. The van der Waals surface area contributed by atoms with Crippen molar-refractivity contribution in [3.63, 3.8) is 0 Å². The quantitative estimate of drug-likeness (QED) is 0.748. The van der Waals surface area contributed by atoms with Crippen molar-refractivity contribution in [1.82, 2.24) is 14.9 Å². The van der Waals surface area contributed by atoms with E-state index in [4.69, 9.17) is 0 Å². The minimum atomic E-state index is 0.723. The SMILES string of the molecule is CN1CCC(Sc2ncc[nH]2)C1. The van der Waals surface area contributed by atoms with E-state index in [0.717, 1.165) is 10.4 Å². The molecule has 2 heterocycles. The van der Waals surface area contributed by atoms with Crippen molar-refractivity contribution in [2.75, 3.05) is 20.1 Å². The van der Waals surface area contributed by atoms with Crippen molar-refractivity contribution >= 4 is 11.8 Å². The Balaban J connectivity index is 1.88. The maximum Gasteiger partial charge on any atom is 0.165 e. The summed E-state index contributed by atoms with van der Waals surface area (Å²) in [4.78, 5) is 9.67. The van der Waals surface area contributed by atoms with Crippen LogP contribution in [0.25, 0.3) is 0 Å². The average Bonchev–Trinajstić information content (AvgIpc) is 2.63. The van der Waals surface area contributed by atoms with Gasteiger partial charge in [-0.05, 0) is 20.0 Å². The molecule has 1 N–H and O–H groups in total. The molecule has 3 nitrogen and oxygen atoms in total. The van der Waals surface area contributed by atoms with Gasteiger partial charge in [0.25, 0.3) is 0 Å². The van der Waals surface area contributed by atoms with Gasteiger partial charge in [0.15, 0.2) is 5.16 Å². The zero-order valence-electron chi connectivity index (χ0n) is 7.16. The fourth-order valence-corrected chi connectivity index (χ4v) is 2.59. The van der Waals surface area contributed by atoms with Crippen molar-refractivity contribution in [3.8, 4) is 0 Å². The molecule has 1 unspecified atom stereocenters.